The second-order valence-corrected chi connectivity index (χ2v) is 7.01. The van der Waals surface area contributed by atoms with E-state index in [0.29, 0.717) is 16.3 Å². The highest BCUT2D eigenvalue weighted by Crippen LogP contribution is 2.28. The number of hydrogen-bond donors (Lipinski definition) is 1. The Balaban J connectivity index is 1.69. The Bertz CT molecular complexity index is 638. The number of rotatable bonds is 3. The van der Waals surface area contributed by atoms with Gasteiger partial charge in [0, 0.05) is 28.5 Å². The van der Waals surface area contributed by atoms with E-state index in [0.717, 1.165) is 23.9 Å². The molecule has 110 valence electrons. The van der Waals surface area contributed by atoms with Gasteiger partial charge in [-0.2, -0.15) is 0 Å². The molecule has 1 amide bonds. The molecule has 1 aliphatic rings. The molecule has 2 atom stereocenters. The van der Waals surface area contributed by atoms with Gasteiger partial charge in [0.1, 0.15) is 0 Å². The average Bonchev–Trinajstić information content (AvgIpc) is 2.52. The van der Waals surface area contributed by atoms with Gasteiger partial charge < -0.3 is 5.32 Å². The second kappa shape index (κ2) is 6.56. The predicted octanol–water partition coefficient (Wildman–Crippen LogP) is 3.92. The summed E-state index contributed by atoms with van der Waals surface area (Å²) in [4.78, 5) is 17.3. The van der Waals surface area contributed by atoms with Crippen LogP contribution in [0.1, 0.15) is 36.0 Å². The number of fused-ring (bicyclic) bond motifs is 1. The van der Waals surface area contributed by atoms with E-state index in [-0.39, 0.29) is 5.91 Å². The van der Waals surface area contributed by atoms with Crippen LogP contribution in [0.2, 0.25) is 0 Å². The maximum Gasteiger partial charge on any atom is 0.251 e. The molecule has 2 aromatic rings. The van der Waals surface area contributed by atoms with Gasteiger partial charge >= 0.3 is 0 Å². The minimum absolute atomic E-state index is 0.00490. The molecule has 0 aliphatic heterocycles. The Morgan fingerprint density at radius 2 is 2.19 bits per heavy atom. The molecule has 0 saturated heterocycles. The molecule has 1 aliphatic carbocycles. The van der Waals surface area contributed by atoms with Crippen LogP contribution >= 0.6 is 15.9 Å². The highest BCUT2D eigenvalue weighted by Gasteiger charge is 2.20. The van der Waals surface area contributed by atoms with Crippen molar-refractivity contribution in [1.29, 1.82) is 0 Å². The number of carbonyl (C=O) groups is 1. The molecule has 0 bridgehead atoms. The zero-order chi connectivity index (χ0) is 14.7. The maximum absolute atomic E-state index is 12.4. The van der Waals surface area contributed by atoms with Crippen molar-refractivity contribution < 1.29 is 4.79 Å². The van der Waals surface area contributed by atoms with Gasteiger partial charge in [0.15, 0.2) is 0 Å². The van der Waals surface area contributed by atoms with E-state index in [4.69, 9.17) is 0 Å². The van der Waals surface area contributed by atoms with E-state index in [2.05, 4.69) is 26.2 Å². The highest BCUT2D eigenvalue weighted by atomic mass is 79.9. The van der Waals surface area contributed by atoms with Gasteiger partial charge in [-0.05, 0) is 43.4 Å². The van der Waals surface area contributed by atoms with Crippen molar-refractivity contribution in [2.24, 2.45) is 5.92 Å². The second-order valence-electron chi connectivity index (χ2n) is 5.72. The molecule has 2 unspecified atom stereocenters. The number of aromatic nitrogens is 1. The van der Waals surface area contributed by atoms with Crippen LogP contribution in [0.15, 0.2) is 36.5 Å². The molecule has 1 fully saturated rings. The summed E-state index contributed by atoms with van der Waals surface area (Å²) < 4.78 is 0. The van der Waals surface area contributed by atoms with Crippen molar-refractivity contribution in [2.75, 3.05) is 6.54 Å². The quantitative estimate of drug-likeness (QED) is 0.855. The first-order valence-corrected chi connectivity index (χ1v) is 8.41. The van der Waals surface area contributed by atoms with Crippen LogP contribution < -0.4 is 5.32 Å². The Labute approximate surface area is 133 Å². The fourth-order valence-corrected chi connectivity index (χ4v) is 3.90. The Kier molecular flexibility index (Phi) is 4.54. The minimum Gasteiger partial charge on any atom is -0.352 e. The molecule has 1 aromatic heterocycles. The Morgan fingerprint density at radius 1 is 1.29 bits per heavy atom. The number of alkyl halides is 1. The van der Waals surface area contributed by atoms with E-state index >= 15 is 0 Å². The predicted molar refractivity (Wildman–Crippen MR) is 88.7 cm³/mol. The third kappa shape index (κ3) is 3.43. The summed E-state index contributed by atoms with van der Waals surface area (Å²) in [5, 5.41) is 4.01. The number of nitrogens with one attached hydrogen (secondary N) is 1. The van der Waals surface area contributed by atoms with Crippen LogP contribution in [0.3, 0.4) is 0 Å². The molecule has 1 saturated carbocycles. The number of amides is 1. The Hall–Kier alpha value is -1.42. The fourth-order valence-electron chi connectivity index (χ4n) is 3.04. The lowest BCUT2D eigenvalue weighted by molar-refractivity contribution is 0.0945. The third-order valence-electron chi connectivity index (χ3n) is 4.16. The number of nitrogens with zero attached hydrogens (tertiary/aromatic N) is 1. The lowest BCUT2D eigenvalue weighted by atomic mass is 9.89. The summed E-state index contributed by atoms with van der Waals surface area (Å²) in [5.74, 6) is 0.588. The molecular weight excluding hydrogens is 328 g/mol. The molecular formula is C17H19BrN2O. The summed E-state index contributed by atoms with van der Waals surface area (Å²) in [6, 6.07) is 9.51. The zero-order valence-corrected chi connectivity index (χ0v) is 13.5. The summed E-state index contributed by atoms with van der Waals surface area (Å²) >= 11 is 3.69. The third-order valence-corrected chi connectivity index (χ3v) is 4.99. The average molecular weight is 347 g/mol. The van der Waals surface area contributed by atoms with Crippen LogP contribution in [-0.4, -0.2) is 22.3 Å². The molecule has 1 aromatic carbocycles. The van der Waals surface area contributed by atoms with E-state index in [1.54, 1.807) is 6.20 Å². The number of halogens is 1. The first-order chi connectivity index (χ1) is 10.2. The van der Waals surface area contributed by atoms with Gasteiger partial charge in [0.25, 0.3) is 5.91 Å². The number of carbonyl (C=O) groups excluding carboxylic acids is 1. The zero-order valence-electron chi connectivity index (χ0n) is 11.9. The minimum atomic E-state index is 0.00490. The van der Waals surface area contributed by atoms with E-state index in [9.17, 15) is 4.79 Å². The van der Waals surface area contributed by atoms with Crippen molar-refractivity contribution in [2.45, 2.75) is 30.5 Å². The van der Waals surface area contributed by atoms with Gasteiger partial charge in [-0.25, -0.2) is 0 Å². The number of hydrogen-bond acceptors (Lipinski definition) is 2. The van der Waals surface area contributed by atoms with Crippen LogP contribution in [0.5, 0.6) is 0 Å². The monoisotopic (exact) mass is 346 g/mol. The van der Waals surface area contributed by atoms with Crippen molar-refractivity contribution >= 4 is 32.7 Å². The molecule has 0 radical (unpaired) electrons. The van der Waals surface area contributed by atoms with Crippen molar-refractivity contribution in [3.63, 3.8) is 0 Å². The van der Waals surface area contributed by atoms with Crippen LogP contribution in [-0.2, 0) is 0 Å². The van der Waals surface area contributed by atoms with Crippen LogP contribution in [0.25, 0.3) is 10.9 Å². The molecule has 21 heavy (non-hydrogen) atoms. The van der Waals surface area contributed by atoms with Crippen molar-refractivity contribution in [3.8, 4) is 0 Å². The van der Waals surface area contributed by atoms with Crippen LogP contribution in [0, 0.1) is 5.92 Å². The largest absolute Gasteiger partial charge is 0.352 e. The van der Waals surface area contributed by atoms with E-state index in [1.165, 1.54) is 19.3 Å². The van der Waals surface area contributed by atoms with Gasteiger partial charge in [0.2, 0.25) is 0 Å². The molecule has 3 rings (SSSR count). The molecule has 1 heterocycles. The SMILES string of the molecule is O=C(NCC1CCCC(Br)C1)c1cccc2ncccc12. The first kappa shape index (κ1) is 14.5. The van der Waals surface area contributed by atoms with E-state index in [1.807, 2.05) is 30.3 Å². The van der Waals surface area contributed by atoms with Gasteiger partial charge in [-0.3, -0.25) is 9.78 Å². The topological polar surface area (TPSA) is 42.0 Å². The van der Waals surface area contributed by atoms with Gasteiger partial charge in [-0.15, -0.1) is 0 Å². The molecule has 1 N–H and O–H groups in total. The van der Waals surface area contributed by atoms with Crippen LogP contribution in [0.4, 0.5) is 0 Å². The summed E-state index contributed by atoms with van der Waals surface area (Å²) in [6.07, 6.45) is 6.60. The lowest BCUT2D eigenvalue weighted by Gasteiger charge is -2.25. The van der Waals surface area contributed by atoms with Crippen molar-refractivity contribution in [3.05, 3.63) is 42.1 Å². The molecule has 3 nitrogen and oxygen atoms in total. The maximum atomic E-state index is 12.4. The van der Waals surface area contributed by atoms with E-state index < -0.39 is 0 Å². The molecule has 0 spiro atoms. The van der Waals surface area contributed by atoms with Gasteiger partial charge in [-0.1, -0.05) is 34.5 Å². The number of benzene rings is 1. The normalized spacial score (nSPS) is 22.1. The van der Waals surface area contributed by atoms with Gasteiger partial charge in [0.05, 0.1) is 5.52 Å². The number of pyridine rings is 1. The van der Waals surface area contributed by atoms with Crippen molar-refractivity contribution in [1.82, 2.24) is 10.3 Å². The fraction of sp³-hybridized carbons (Fsp3) is 0.412. The first-order valence-electron chi connectivity index (χ1n) is 7.50. The Morgan fingerprint density at radius 3 is 3.05 bits per heavy atom. The lowest BCUT2D eigenvalue weighted by Crippen LogP contribution is -2.32. The standard InChI is InChI=1S/C17H19BrN2O/c18-13-5-1-4-12(10-13)11-20-17(21)15-6-2-8-16-14(15)7-3-9-19-16/h2-3,6-9,12-13H,1,4-5,10-11H2,(H,20,21). The summed E-state index contributed by atoms with van der Waals surface area (Å²) in [5.41, 5.74) is 1.58. The highest BCUT2D eigenvalue weighted by molar-refractivity contribution is 9.09. The summed E-state index contributed by atoms with van der Waals surface area (Å²) in [7, 11) is 0. The smallest absolute Gasteiger partial charge is 0.251 e. The molecule has 4 heteroatoms. The summed E-state index contributed by atoms with van der Waals surface area (Å²) in [6.45, 7) is 0.761.